The number of nitrogens with one attached hydrogen (secondary N) is 4. The molecule has 4 aliphatic heterocycles. The van der Waals surface area contributed by atoms with E-state index in [-0.39, 0.29) is 75.2 Å². The Hall–Kier alpha value is -8.03. The highest BCUT2D eigenvalue weighted by atomic mass is 16.5. The molecule has 0 aliphatic carbocycles. The summed E-state index contributed by atoms with van der Waals surface area (Å²) in [6.07, 6.45) is 8.00. The summed E-state index contributed by atoms with van der Waals surface area (Å²) in [5, 5.41) is 20.5. The van der Waals surface area contributed by atoms with Crippen LogP contribution in [0.15, 0.2) is 100 Å². The van der Waals surface area contributed by atoms with Gasteiger partial charge in [0.05, 0.1) is 61.5 Å². The molecule has 0 radical (unpaired) electrons. The third-order valence-corrected chi connectivity index (χ3v) is 12.9. The van der Waals surface area contributed by atoms with E-state index >= 15 is 0 Å². The smallest absolute Gasteiger partial charge is 0.407 e. The Kier molecular flexibility index (Phi) is 16.4. The number of rotatable bonds is 20. The van der Waals surface area contributed by atoms with Crippen molar-refractivity contribution in [3.8, 4) is 23.0 Å². The fourth-order valence-corrected chi connectivity index (χ4v) is 9.07. The number of methoxy groups -OCH3 is 2. The fraction of sp³-hybridized carbons (Fsp3) is 0.364. The van der Waals surface area contributed by atoms with E-state index in [0.717, 1.165) is 22.3 Å². The van der Waals surface area contributed by atoms with Gasteiger partial charge in [-0.15, -0.1) is 0 Å². The number of hydrogen-bond acceptors (Lipinski definition) is 14. The quantitative estimate of drug-likeness (QED) is 0.0602. The molecule has 4 aliphatic rings. The second-order valence-corrected chi connectivity index (χ2v) is 19.0. The van der Waals surface area contributed by atoms with Crippen LogP contribution in [0, 0.1) is 5.92 Å². The number of aliphatic hydroxyl groups is 1. The molecule has 8 rings (SSSR count). The first kappa shape index (κ1) is 52.3. The zero-order valence-corrected chi connectivity index (χ0v) is 42.5. The molecule has 0 saturated heterocycles. The van der Waals surface area contributed by atoms with Crippen molar-refractivity contribution in [2.45, 2.75) is 98.0 Å². The zero-order valence-electron chi connectivity index (χ0n) is 42.5. The Labute approximate surface area is 429 Å². The molecule has 0 fully saturated rings. The Morgan fingerprint density at radius 2 is 1.22 bits per heavy atom. The first-order valence-corrected chi connectivity index (χ1v) is 24.5. The van der Waals surface area contributed by atoms with Crippen LogP contribution < -0.4 is 40.2 Å². The van der Waals surface area contributed by atoms with Gasteiger partial charge in [0, 0.05) is 55.7 Å². The second-order valence-electron chi connectivity index (χ2n) is 19.0. The minimum absolute atomic E-state index is 0.0580. The minimum atomic E-state index is -0.832. The van der Waals surface area contributed by atoms with Crippen molar-refractivity contribution in [1.82, 2.24) is 25.8 Å². The molecule has 0 spiro atoms. The van der Waals surface area contributed by atoms with Gasteiger partial charge in [-0.2, -0.15) is 0 Å². The molecule has 0 saturated carbocycles. The van der Waals surface area contributed by atoms with Gasteiger partial charge in [0.15, 0.2) is 23.0 Å². The number of amides is 5. The molecule has 5 N–H and O–H groups in total. The van der Waals surface area contributed by atoms with Crippen LogP contribution in [0.2, 0.25) is 0 Å². The van der Waals surface area contributed by atoms with Crippen LogP contribution in [0.1, 0.15) is 90.4 Å². The highest BCUT2D eigenvalue weighted by Crippen LogP contribution is 2.41. The first-order valence-electron chi connectivity index (χ1n) is 24.5. The van der Waals surface area contributed by atoms with Crippen LogP contribution in [-0.4, -0.2) is 109 Å². The van der Waals surface area contributed by atoms with Gasteiger partial charge in [-0.25, -0.2) is 4.79 Å². The lowest BCUT2D eigenvalue weighted by Gasteiger charge is -2.23. The maximum absolute atomic E-state index is 13.6. The largest absolute Gasteiger partial charge is 0.493 e. The van der Waals surface area contributed by atoms with Gasteiger partial charge in [0.25, 0.3) is 11.8 Å². The number of aliphatic hydroxyl groups excluding tert-OH is 1. The summed E-state index contributed by atoms with van der Waals surface area (Å²) < 4.78 is 29.7. The van der Waals surface area contributed by atoms with E-state index < -0.39 is 24.1 Å². The molecule has 0 bridgehead atoms. The van der Waals surface area contributed by atoms with Gasteiger partial charge in [-0.1, -0.05) is 49.3 Å². The molecule has 388 valence electrons. The minimum Gasteiger partial charge on any atom is -0.493 e. The lowest BCUT2D eigenvalue weighted by Crippen LogP contribution is -2.52. The average Bonchev–Trinajstić information content (AvgIpc) is 3.90. The van der Waals surface area contributed by atoms with E-state index in [2.05, 4.69) is 31.3 Å². The Balaban J connectivity index is 0.941. The van der Waals surface area contributed by atoms with Gasteiger partial charge in [-0.05, 0) is 92.1 Å². The molecule has 5 amide bonds. The number of alkyl carbamates (subject to hydrolysis) is 1. The maximum Gasteiger partial charge on any atom is 0.407 e. The van der Waals surface area contributed by atoms with E-state index in [0.29, 0.717) is 75.2 Å². The van der Waals surface area contributed by atoms with Crippen molar-refractivity contribution >= 4 is 59.2 Å². The number of benzene rings is 4. The number of nitrogens with zero attached hydrogens (tertiary/aromatic N) is 4. The van der Waals surface area contributed by atoms with Crippen LogP contribution in [0.5, 0.6) is 23.0 Å². The molecular weight excluding hydrogens is 949 g/mol. The molecule has 0 aromatic heterocycles. The number of carbonyl (C=O) groups is 5. The monoisotopic (exact) mass is 1010 g/mol. The summed E-state index contributed by atoms with van der Waals surface area (Å²) in [5.74, 6) is 0.294. The molecule has 19 nitrogen and oxygen atoms in total. The van der Waals surface area contributed by atoms with Crippen molar-refractivity contribution in [2.75, 3.05) is 32.7 Å². The summed E-state index contributed by atoms with van der Waals surface area (Å²) >= 11 is 0. The first-order chi connectivity index (χ1) is 35.6. The Morgan fingerprint density at radius 1 is 0.689 bits per heavy atom. The molecular formula is C55H62N8O11. The summed E-state index contributed by atoms with van der Waals surface area (Å²) in [4.78, 5) is 78.8. The van der Waals surface area contributed by atoms with Crippen LogP contribution in [0.4, 0.5) is 21.9 Å². The second kappa shape index (κ2) is 23.2. The van der Waals surface area contributed by atoms with E-state index in [1.54, 1.807) is 77.7 Å². The highest BCUT2D eigenvalue weighted by Gasteiger charge is 2.34. The highest BCUT2D eigenvalue weighted by molar-refractivity contribution is 6.05. The maximum atomic E-state index is 13.6. The van der Waals surface area contributed by atoms with Crippen molar-refractivity contribution in [3.05, 3.63) is 124 Å². The lowest BCUT2D eigenvalue weighted by atomic mass is 10.0. The van der Waals surface area contributed by atoms with Crippen LogP contribution in [0.3, 0.4) is 0 Å². The lowest BCUT2D eigenvalue weighted by molar-refractivity contribution is -0.128. The van der Waals surface area contributed by atoms with Crippen molar-refractivity contribution < 1.29 is 52.8 Å². The summed E-state index contributed by atoms with van der Waals surface area (Å²) in [5.41, 5.74) is 7.20. The number of ether oxygens (including phenoxy) is 5. The third kappa shape index (κ3) is 12.2. The normalized spacial score (nSPS) is 17.1. The summed E-state index contributed by atoms with van der Waals surface area (Å²) in [7, 11) is 3.01. The standard InChI is InChI=1S/C55H62N8O11/c1-31(2)50(56-12-13-64)52(66)60-34(5)51(65)61-39-10-8-35(9-11-39)28-74-55(69)59-23-36-16-37(29-72-48-21-44-42(19-46(48)70-6)53(67)62-26-32(3)14-40(62)24-57-44)18-38(17-36)30-73-49-22-45-43(20-47(49)71-7)54(68)63-27-33(4)15-41(63)25-58-45/h8-11,16-22,24-27,31,34,40-41,50,56,64H,12-15,23,28-30H2,1-7H3,(H,59,69)(H,60,66)(H,61,65)/t34-,40-,41-,50-/m0/s1. The van der Waals surface area contributed by atoms with Crippen LogP contribution in [0.25, 0.3) is 0 Å². The number of hydrogen-bond donors (Lipinski definition) is 5. The number of aliphatic imine (C=N–C) groups is 2. The molecule has 4 heterocycles. The average molecular weight is 1010 g/mol. The van der Waals surface area contributed by atoms with Crippen molar-refractivity contribution in [2.24, 2.45) is 15.9 Å². The van der Waals surface area contributed by atoms with Crippen LogP contribution >= 0.6 is 0 Å². The third-order valence-electron chi connectivity index (χ3n) is 12.9. The zero-order chi connectivity index (χ0) is 52.6. The molecule has 0 unspecified atom stereocenters. The van der Waals surface area contributed by atoms with Gasteiger partial charge in [0.2, 0.25) is 11.8 Å². The topological polar surface area (TPSA) is 231 Å². The summed E-state index contributed by atoms with van der Waals surface area (Å²) in [6.45, 7) is 9.57. The summed E-state index contributed by atoms with van der Waals surface area (Å²) in [6, 6.07) is 17.4. The van der Waals surface area contributed by atoms with E-state index in [9.17, 15) is 24.0 Å². The Bertz CT molecular complexity index is 2800. The van der Waals surface area contributed by atoms with E-state index in [1.807, 2.05) is 58.3 Å². The predicted molar refractivity (Wildman–Crippen MR) is 277 cm³/mol. The van der Waals surface area contributed by atoms with Crippen molar-refractivity contribution in [1.29, 1.82) is 0 Å². The predicted octanol–water partition coefficient (Wildman–Crippen LogP) is 7.01. The molecule has 4 aromatic carbocycles. The van der Waals surface area contributed by atoms with E-state index in [4.69, 9.17) is 28.8 Å². The SMILES string of the molecule is COc1cc2c(cc1OCc1cc(CNC(=O)OCc3ccc(NC(=O)[C@H](C)NC(=O)[C@@H](NCCO)C(C)C)cc3)cc(COc3cc4c(cc3OC)C(=O)N3C=C(C)C[C@H]3C=N4)c1)N=C[C@@H]1CC(C)=CN1C2=O. The van der Waals surface area contributed by atoms with E-state index in [1.165, 1.54) is 14.2 Å². The fourth-order valence-electron chi connectivity index (χ4n) is 9.07. The van der Waals surface area contributed by atoms with Gasteiger partial charge in [0.1, 0.15) is 25.9 Å². The van der Waals surface area contributed by atoms with Crippen LogP contribution in [-0.2, 0) is 40.7 Å². The number of fused-ring (bicyclic) bond motifs is 4. The molecule has 4 aromatic rings. The number of carbonyl (C=O) groups excluding carboxylic acids is 5. The van der Waals surface area contributed by atoms with Gasteiger partial charge >= 0.3 is 6.09 Å². The van der Waals surface area contributed by atoms with Crippen molar-refractivity contribution in [3.63, 3.8) is 0 Å². The molecule has 4 atom stereocenters. The molecule has 19 heteroatoms. The number of anilines is 1. The van der Waals surface area contributed by atoms with Gasteiger partial charge < -0.3 is 59.9 Å². The van der Waals surface area contributed by atoms with Gasteiger partial charge in [-0.3, -0.25) is 29.2 Å². The molecule has 74 heavy (non-hydrogen) atoms. The Morgan fingerprint density at radius 3 is 1.72 bits per heavy atom.